The summed E-state index contributed by atoms with van der Waals surface area (Å²) in [5.74, 6) is -2.91. The smallest absolute Gasteiger partial charge is 0.273 e. The monoisotopic (exact) mass is 448 g/mol. The summed E-state index contributed by atoms with van der Waals surface area (Å²) in [6, 6.07) is 5.42. The highest BCUT2D eigenvalue weighted by Gasteiger charge is 2.50. The van der Waals surface area contributed by atoms with Crippen LogP contribution < -0.4 is 4.72 Å². The summed E-state index contributed by atoms with van der Waals surface area (Å²) >= 11 is 6.52. The van der Waals surface area contributed by atoms with Gasteiger partial charge in [-0.1, -0.05) is 11.6 Å². The highest BCUT2D eigenvalue weighted by Crippen LogP contribution is 2.33. The standard InChI is InChI=1S/C17H15ClF2N2O4S2/c1-17(16(24)21-28(25,26)15-5-4-13(18)27-15)6-7-22(17)14(23)9-10-8-11(19)2-3-12(10)20/h2-5,8H,6-7,9H2,1H3,(H,21,24). The SMILES string of the molecule is CC1(C(=O)NS(=O)(=O)c2ccc(Cl)s2)CCN1C(=O)Cc1cc(F)ccc1F. The molecule has 0 spiro atoms. The van der Waals surface area contributed by atoms with Crippen LogP contribution in [0.2, 0.25) is 4.34 Å². The number of benzene rings is 1. The molecule has 0 aliphatic carbocycles. The summed E-state index contributed by atoms with van der Waals surface area (Å²) in [5.41, 5.74) is -1.55. The van der Waals surface area contributed by atoms with E-state index in [9.17, 15) is 26.8 Å². The van der Waals surface area contributed by atoms with E-state index in [0.29, 0.717) is 0 Å². The van der Waals surface area contributed by atoms with Crippen molar-refractivity contribution >= 4 is 44.8 Å². The van der Waals surface area contributed by atoms with E-state index in [1.807, 2.05) is 4.72 Å². The first-order valence-electron chi connectivity index (χ1n) is 8.10. The third-order valence-corrected chi connectivity index (χ3v) is 7.65. The van der Waals surface area contributed by atoms with E-state index in [4.69, 9.17) is 11.6 Å². The van der Waals surface area contributed by atoms with E-state index in [1.54, 1.807) is 0 Å². The highest BCUT2D eigenvalue weighted by molar-refractivity contribution is 7.92. The van der Waals surface area contributed by atoms with Crippen molar-refractivity contribution in [3.63, 3.8) is 0 Å². The molecule has 3 rings (SSSR count). The zero-order chi connectivity index (χ0) is 20.7. The Bertz CT molecular complexity index is 1060. The van der Waals surface area contributed by atoms with E-state index in [-0.39, 0.29) is 27.1 Å². The zero-order valence-corrected chi connectivity index (χ0v) is 16.9. The van der Waals surface area contributed by atoms with Crippen LogP contribution in [0.1, 0.15) is 18.9 Å². The van der Waals surface area contributed by atoms with Gasteiger partial charge >= 0.3 is 0 Å². The Morgan fingerprint density at radius 1 is 1.29 bits per heavy atom. The minimum Gasteiger partial charge on any atom is -0.328 e. The number of hydrogen-bond acceptors (Lipinski definition) is 5. The summed E-state index contributed by atoms with van der Waals surface area (Å²) in [6.45, 7) is 1.62. The van der Waals surface area contributed by atoms with Gasteiger partial charge in [0, 0.05) is 12.1 Å². The topological polar surface area (TPSA) is 83.6 Å². The number of nitrogens with one attached hydrogen (secondary N) is 1. The molecule has 1 aliphatic heterocycles. The Balaban J connectivity index is 1.74. The largest absolute Gasteiger partial charge is 0.328 e. The van der Waals surface area contributed by atoms with Crippen molar-refractivity contribution in [1.29, 1.82) is 0 Å². The summed E-state index contributed by atoms with van der Waals surface area (Å²) in [5, 5.41) is 0. The Labute approximate surface area is 169 Å². The number of carbonyl (C=O) groups excluding carboxylic acids is 2. The molecule has 2 amide bonds. The van der Waals surface area contributed by atoms with E-state index in [2.05, 4.69) is 0 Å². The summed E-state index contributed by atoms with van der Waals surface area (Å²) in [7, 11) is -4.13. The van der Waals surface area contributed by atoms with E-state index in [1.165, 1.54) is 19.1 Å². The fourth-order valence-corrected chi connectivity index (χ4v) is 5.42. The summed E-state index contributed by atoms with van der Waals surface area (Å²) < 4.78 is 53.8. The summed E-state index contributed by atoms with van der Waals surface area (Å²) in [4.78, 5) is 26.3. The maximum Gasteiger partial charge on any atom is 0.273 e. The second-order valence-corrected chi connectivity index (χ2v) is 10.1. The van der Waals surface area contributed by atoms with Crippen molar-refractivity contribution in [1.82, 2.24) is 9.62 Å². The molecule has 2 aromatic rings. The van der Waals surface area contributed by atoms with Gasteiger partial charge in [0.05, 0.1) is 10.8 Å². The summed E-state index contributed by atoms with van der Waals surface area (Å²) in [6.07, 6.45) is -0.212. The highest BCUT2D eigenvalue weighted by atomic mass is 35.5. The molecule has 6 nitrogen and oxygen atoms in total. The van der Waals surface area contributed by atoms with Gasteiger partial charge in [0.25, 0.3) is 15.9 Å². The third kappa shape index (κ3) is 3.89. The molecule has 1 aromatic carbocycles. The zero-order valence-electron chi connectivity index (χ0n) is 14.5. The second-order valence-electron chi connectivity index (χ2n) is 6.47. The molecule has 2 heterocycles. The number of sulfonamides is 1. The van der Waals surface area contributed by atoms with Crippen molar-refractivity contribution < 1.29 is 26.8 Å². The van der Waals surface area contributed by atoms with Gasteiger partial charge in [-0.25, -0.2) is 21.9 Å². The lowest BCUT2D eigenvalue weighted by Gasteiger charge is -2.48. The number of hydrogen-bond donors (Lipinski definition) is 1. The van der Waals surface area contributed by atoms with E-state index < -0.39 is 45.4 Å². The van der Waals surface area contributed by atoms with Crippen LogP contribution in [0.15, 0.2) is 34.5 Å². The molecule has 0 radical (unpaired) electrons. The fourth-order valence-electron chi connectivity index (χ4n) is 2.86. The van der Waals surface area contributed by atoms with Crippen molar-refractivity contribution in [2.45, 2.75) is 29.5 Å². The van der Waals surface area contributed by atoms with Crippen LogP contribution >= 0.6 is 22.9 Å². The van der Waals surface area contributed by atoms with Gasteiger partial charge in [0.15, 0.2) is 0 Å². The molecular weight excluding hydrogens is 434 g/mol. The first-order chi connectivity index (χ1) is 13.0. The Hall–Kier alpha value is -2.04. The molecule has 1 aromatic heterocycles. The van der Waals surface area contributed by atoms with Crippen LogP contribution in [-0.4, -0.2) is 37.2 Å². The predicted molar refractivity (Wildman–Crippen MR) is 99.5 cm³/mol. The van der Waals surface area contributed by atoms with Crippen LogP contribution in [0.4, 0.5) is 8.78 Å². The Morgan fingerprint density at radius 2 is 2.00 bits per heavy atom. The van der Waals surface area contributed by atoms with Crippen LogP contribution in [0.3, 0.4) is 0 Å². The third-order valence-electron chi connectivity index (χ3n) is 4.60. The lowest BCUT2D eigenvalue weighted by Crippen LogP contribution is -2.68. The van der Waals surface area contributed by atoms with Crippen molar-refractivity contribution in [3.05, 3.63) is 51.9 Å². The number of likely N-dealkylation sites (tertiary alicyclic amines) is 1. The van der Waals surface area contributed by atoms with Crippen molar-refractivity contribution in [3.8, 4) is 0 Å². The second kappa shape index (κ2) is 7.41. The number of carbonyl (C=O) groups is 2. The van der Waals surface area contributed by atoms with Gasteiger partial charge in [-0.05, 0) is 43.7 Å². The van der Waals surface area contributed by atoms with Gasteiger partial charge in [0.2, 0.25) is 5.91 Å². The van der Waals surface area contributed by atoms with Gasteiger partial charge in [-0.3, -0.25) is 9.59 Å². The molecule has 1 saturated heterocycles. The molecular formula is C17H15ClF2N2O4S2. The number of rotatable bonds is 5. The molecule has 28 heavy (non-hydrogen) atoms. The number of amides is 2. The number of thiophene rings is 1. The molecule has 11 heteroatoms. The average molecular weight is 449 g/mol. The first-order valence-corrected chi connectivity index (χ1v) is 10.8. The molecule has 1 aliphatic rings. The first kappa shape index (κ1) is 20.7. The average Bonchev–Trinajstić information content (AvgIpc) is 3.03. The minimum absolute atomic E-state index is 0.131. The molecule has 1 unspecified atom stereocenters. The maximum atomic E-state index is 13.8. The number of nitrogens with zero attached hydrogens (tertiary/aromatic N) is 1. The molecule has 1 N–H and O–H groups in total. The predicted octanol–water partition coefficient (Wildman–Crippen LogP) is 2.72. The van der Waals surface area contributed by atoms with Crippen LogP contribution in [-0.2, 0) is 26.0 Å². The van der Waals surface area contributed by atoms with Crippen molar-refractivity contribution in [2.24, 2.45) is 0 Å². The fraction of sp³-hybridized carbons (Fsp3) is 0.294. The number of halogens is 3. The van der Waals surface area contributed by atoms with Gasteiger partial charge in [-0.2, -0.15) is 0 Å². The molecule has 1 fully saturated rings. The maximum absolute atomic E-state index is 13.8. The molecule has 150 valence electrons. The Morgan fingerprint density at radius 3 is 2.57 bits per heavy atom. The van der Waals surface area contributed by atoms with E-state index >= 15 is 0 Å². The van der Waals surface area contributed by atoms with Crippen molar-refractivity contribution in [2.75, 3.05) is 6.54 Å². The quantitative estimate of drug-likeness (QED) is 0.762. The van der Waals surface area contributed by atoms with E-state index in [0.717, 1.165) is 34.4 Å². The van der Waals surface area contributed by atoms with Crippen LogP contribution in [0, 0.1) is 11.6 Å². The lowest BCUT2D eigenvalue weighted by atomic mass is 9.85. The molecule has 0 bridgehead atoms. The molecule has 0 saturated carbocycles. The van der Waals surface area contributed by atoms with Crippen LogP contribution in [0.5, 0.6) is 0 Å². The van der Waals surface area contributed by atoms with Gasteiger partial charge in [-0.15, -0.1) is 11.3 Å². The van der Waals surface area contributed by atoms with Gasteiger partial charge < -0.3 is 4.90 Å². The minimum atomic E-state index is -4.13. The molecule has 1 atom stereocenters. The van der Waals surface area contributed by atoms with Crippen LogP contribution in [0.25, 0.3) is 0 Å². The van der Waals surface area contributed by atoms with Gasteiger partial charge in [0.1, 0.15) is 21.4 Å². The Kier molecular flexibility index (Phi) is 5.48. The lowest BCUT2D eigenvalue weighted by molar-refractivity contribution is -0.156. The normalized spacial score (nSPS) is 19.2.